The second-order valence-electron chi connectivity index (χ2n) is 7.03. The first kappa shape index (κ1) is 17.8. The Hall–Kier alpha value is -2.02. The third-order valence-electron chi connectivity index (χ3n) is 5.16. The van der Waals surface area contributed by atoms with Crippen molar-refractivity contribution >= 4 is 11.9 Å². The summed E-state index contributed by atoms with van der Waals surface area (Å²) in [4.78, 5) is 26.4. The van der Waals surface area contributed by atoms with E-state index in [-0.39, 0.29) is 24.5 Å². The van der Waals surface area contributed by atoms with E-state index in [4.69, 9.17) is 10.2 Å². The molecule has 1 aliphatic heterocycles. The first-order chi connectivity index (χ1) is 12.2. The number of urea groups is 1. The summed E-state index contributed by atoms with van der Waals surface area (Å²) in [6, 6.07) is 2.06. The molecule has 1 aromatic heterocycles. The predicted molar refractivity (Wildman–Crippen MR) is 94.1 cm³/mol. The zero-order valence-corrected chi connectivity index (χ0v) is 14.6. The van der Waals surface area contributed by atoms with Crippen LogP contribution in [0.1, 0.15) is 61.1 Å². The maximum absolute atomic E-state index is 12.4. The molecule has 1 saturated carbocycles. The Labute approximate surface area is 148 Å². The molecule has 25 heavy (non-hydrogen) atoms. The van der Waals surface area contributed by atoms with Crippen molar-refractivity contribution in [1.82, 2.24) is 15.5 Å². The van der Waals surface area contributed by atoms with Crippen molar-refractivity contribution in [1.29, 1.82) is 0 Å². The average Bonchev–Trinajstić information content (AvgIpc) is 3.12. The summed E-state index contributed by atoms with van der Waals surface area (Å²) in [5.41, 5.74) is 6.05. The molecule has 2 fully saturated rings. The number of rotatable bonds is 4. The Morgan fingerprint density at radius 3 is 2.32 bits per heavy atom. The normalized spacial score (nSPS) is 19.6. The van der Waals surface area contributed by atoms with Gasteiger partial charge in [0.15, 0.2) is 0 Å². The van der Waals surface area contributed by atoms with Crippen LogP contribution in [0.4, 0.5) is 4.79 Å². The SMILES string of the molecule is NCc1cc(C(=O)N2CCC(NC(=O)NC3CCCCC3)CC2)co1. The molecule has 0 atom stereocenters. The Bertz CT molecular complexity index is 587. The molecule has 3 rings (SSSR count). The maximum atomic E-state index is 12.4. The van der Waals surface area contributed by atoms with Crippen molar-refractivity contribution in [3.8, 4) is 0 Å². The molecule has 0 radical (unpaired) electrons. The molecule has 1 aliphatic carbocycles. The van der Waals surface area contributed by atoms with Crippen LogP contribution in [0.3, 0.4) is 0 Å². The third-order valence-corrected chi connectivity index (χ3v) is 5.16. The third kappa shape index (κ3) is 4.75. The molecule has 138 valence electrons. The fourth-order valence-electron chi connectivity index (χ4n) is 3.67. The number of nitrogens with zero attached hydrogens (tertiary/aromatic N) is 1. The number of likely N-dealkylation sites (tertiary alicyclic amines) is 1. The van der Waals surface area contributed by atoms with Gasteiger partial charge in [-0.1, -0.05) is 19.3 Å². The van der Waals surface area contributed by atoms with E-state index in [1.165, 1.54) is 25.5 Å². The highest BCUT2D eigenvalue weighted by Crippen LogP contribution is 2.18. The number of furan rings is 1. The van der Waals surface area contributed by atoms with Crippen molar-refractivity contribution in [2.75, 3.05) is 13.1 Å². The largest absolute Gasteiger partial charge is 0.467 e. The van der Waals surface area contributed by atoms with Crippen molar-refractivity contribution in [3.05, 3.63) is 23.7 Å². The van der Waals surface area contributed by atoms with E-state index in [9.17, 15) is 9.59 Å². The molecule has 3 amide bonds. The number of hydrogen-bond acceptors (Lipinski definition) is 4. The monoisotopic (exact) mass is 348 g/mol. The van der Waals surface area contributed by atoms with E-state index in [0.29, 0.717) is 30.5 Å². The minimum absolute atomic E-state index is 0.0337. The lowest BCUT2D eigenvalue weighted by Gasteiger charge is -2.32. The van der Waals surface area contributed by atoms with Gasteiger partial charge in [-0.15, -0.1) is 0 Å². The van der Waals surface area contributed by atoms with E-state index in [0.717, 1.165) is 25.7 Å². The molecule has 7 nitrogen and oxygen atoms in total. The molecule has 2 heterocycles. The molecule has 0 aromatic carbocycles. The number of hydrogen-bond donors (Lipinski definition) is 3. The number of piperidine rings is 1. The quantitative estimate of drug-likeness (QED) is 0.774. The van der Waals surface area contributed by atoms with Crippen molar-refractivity contribution in [2.24, 2.45) is 5.73 Å². The second-order valence-corrected chi connectivity index (χ2v) is 7.03. The highest BCUT2D eigenvalue weighted by atomic mass is 16.3. The zero-order valence-electron chi connectivity index (χ0n) is 14.6. The van der Waals surface area contributed by atoms with Crippen LogP contribution < -0.4 is 16.4 Å². The molecule has 0 spiro atoms. The number of nitrogens with one attached hydrogen (secondary N) is 2. The maximum Gasteiger partial charge on any atom is 0.315 e. The smallest absolute Gasteiger partial charge is 0.315 e. The lowest BCUT2D eigenvalue weighted by Crippen LogP contribution is -2.51. The minimum atomic E-state index is -0.0703. The van der Waals surface area contributed by atoms with Crippen molar-refractivity contribution in [3.63, 3.8) is 0 Å². The fourth-order valence-corrected chi connectivity index (χ4v) is 3.67. The van der Waals surface area contributed by atoms with Crippen molar-refractivity contribution < 1.29 is 14.0 Å². The minimum Gasteiger partial charge on any atom is -0.467 e. The van der Waals surface area contributed by atoms with E-state index < -0.39 is 0 Å². The highest BCUT2D eigenvalue weighted by molar-refractivity contribution is 5.94. The van der Waals surface area contributed by atoms with E-state index >= 15 is 0 Å². The Morgan fingerprint density at radius 2 is 1.72 bits per heavy atom. The molecular weight excluding hydrogens is 320 g/mol. The summed E-state index contributed by atoms with van der Waals surface area (Å²) in [5.74, 6) is 0.577. The molecule has 2 aliphatic rings. The number of nitrogens with two attached hydrogens (primary N) is 1. The van der Waals surface area contributed by atoms with Crippen LogP contribution in [0, 0.1) is 0 Å². The van der Waals surface area contributed by atoms with Gasteiger partial charge >= 0.3 is 6.03 Å². The average molecular weight is 348 g/mol. The van der Waals surface area contributed by atoms with Gasteiger partial charge in [0, 0.05) is 25.2 Å². The Morgan fingerprint density at radius 1 is 1.08 bits per heavy atom. The molecular formula is C18H28N4O3. The summed E-state index contributed by atoms with van der Waals surface area (Å²) < 4.78 is 5.23. The van der Waals surface area contributed by atoms with E-state index in [1.807, 2.05) is 4.90 Å². The topological polar surface area (TPSA) is 101 Å². The Balaban J connectivity index is 1.42. The molecule has 0 unspecified atom stereocenters. The van der Waals surface area contributed by atoms with Gasteiger partial charge in [-0.3, -0.25) is 4.79 Å². The van der Waals surface area contributed by atoms with Crippen LogP contribution in [0.15, 0.2) is 16.7 Å². The van der Waals surface area contributed by atoms with Crippen LogP contribution in [0.5, 0.6) is 0 Å². The lowest BCUT2D eigenvalue weighted by atomic mass is 9.96. The van der Waals surface area contributed by atoms with Gasteiger partial charge in [0.1, 0.15) is 12.0 Å². The summed E-state index contributed by atoms with van der Waals surface area (Å²) in [6.07, 6.45) is 8.83. The molecule has 1 saturated heterocycles. The van der Waals surface area contributed by atoms with Gasteiger partial charge in [-0.25, -0.2) is 4.79 Å². The van der Waals surface area contributed by atoms with Gasteiger partial charge in [0.2, 0.25) is 0 Å². The van der Waals surface area contributed by atoms with Crippen LogP contribution in [0.2, 0.25) is 0 Å². The Kier molecular flexibility index (Phi) is 5.96. The first-order valence-electron chi connectivity index (χ1n) is 9.29. The summed E-state index contributed by atoms with van der Waals surface area (Å²) in [5, 5.41) is 6.14. The van der Waals surface area contributed by atoms with Crippen LogP contribution >= 0.6 is 0 Å². The van der Waals surface area contributed by atoms with Gasteiger partial charge < -0.3 is 25.7 Å². The first-order valence-corrected chi connectivity index (χ1v) is 9.29. The van der Waals surface area contributed by atoms with Gasteiger partial charge in [0.05, 0.1) is 12.1 Å². The molecule has 7 heteroatoms. The van der Waals surface area contributed by atoms with E-state index in [1.54, 1.807) is 6.07 Å². The van der Waals surface area contributed by atoms with Gasteiger partial charge in [-0.2, -0.15) is 0 Å². The van der Waals surface area contributed by atoms with Crippen LogP contribution in [-0.4, -0.2) is 42.0 Å². The number of carbonyl (C=O) groups is 2. The highest BCUT2D eigenvalue weighted by Gasteiger charge is 2.26. The van der Waals surface area contributed by atoms with Crippen LogP contribution in [-0.2, 0) is 6.54 Å². The second kappa shape index (κ2) is 8.38. The van der Waals surface area contributed by atoms with Crippen LogP contribution in [0.25, 0.3) is 0 Å². The molecule has 4 N–H and O–H groups in total. The zero-order chi connectivity index (χ0) is 17.6. The summed E-state index contributed by atoms with van der Waals surface area (Å²) >= 11 is 0. The van der Waals surface area contributed by atoms with E-state index in [2.05, 4.69) is 10.6 Å². The lowest BCUT2D eigenvalue weighted by molar-refractivity contribution is 0.0707. The fraction of sp³-hybridized carbons (Fsp3) is 0.667. The predicted octanol–water partition coefficient (Wildman–Crippen LogP) is 1.97. The standard InChI is InChI=1S/C18H28N4O3/c19-11-16-10-13(12-25-16)17(23)22-8-6-15(7-9-22)21-18(24)20-14-4-2-1-3-5-14/h10,12,14-15H,1-9,11,19H2,(H2,20,21,24). The number of amides is 3. The van der Waals surface area contributed by atoms with Gasteiger partial charge in [0.25, 0.3) is 5.91 Å². The van der Waals surface area contributed by atoms with Gasteiger partial charge in [-0.05, 0) is 31.7 Å². The summed E-state index contributed by atoms with van der Waals surface area (Å²) in [7, 11) is 0. The molecule has 0 bridgehead atoms. The van der Waals surface area contributed by atoms with Crippen molar-refractivity contribution in [2.45, 2.75) is 63.6 Å². The number of carbonyl (C=O) groups excluding carboxylic acids is 2. The summed E-state index contributed by atoms with van der Waals surface area (Å²) in [6.45, 7) is 1.56. The molecule has 1 aromatic rings.